The summed E-state index contributed by atoms with van der Waals surface area (Å²) < 4.78 is 5.11. The molecule has 70 valence electrons. The highest BCUT2D eigenvalue weighted by Gasteiger charge is 2.39. The molecule has 0 aromatic rings. The van der Waals surface area contributed by atoms with Crippen molar-refractivity contribution in [1.82, 2.24) is 0 Å². The summed E-state index contributed by atoms with van der Waals surface area (Å²) in [6, 6.07) is 0. The monoisotopic (exact) mass is 206 g/mol. The van der Waals surface area contributed by atoms with Gasteiger partial charge in [0.25, 0.3) is 0 Å². The van der Waals surface area contributed by atoms with Crippen LogP contribution in [0.2, 0.25) is 0 Å². The number of hydrogen-bond donors (Lipinski definition) is 0. The molecular formula is C8H14O2S2. The maximum Gasteiger partial charge on any atom is 0.313 e. The highest BCUT2D eigenvalue weighted by molar-refractivity contribution is 8.77. The molecule has 1 aliphatic heterocycles. The molecule has 0 aromatic carbocycles. The molecule has 0 N–H and O–H groups in total. The van der Waals surface area contributed by atoms with Crippen molar-refractivity contribution in [3.8, 4) is 0 Å². The van der Waals surface area contributed by atoms with Crippen LogP contribution < -0.4 is 0 Å². The summed E-state index contributed by atoms with van der Waals surface area (Å²) in [6.45, 7) is 4.55. The maximum absolute atomic E-state index is 11.5. The van der Waals surface area contributed by atoms with Crippen molar-refractivity contribution in [3.63, 3.8) is 0 Å². The Kier molecular flexibility index (Phi) is 3.77. The lowest BCUT2D eigenvalue weighted by molar-refractivity contribution is -0.152. The molecule has 4 heteroatoms. The first-order valence-corrected chi connectivity index (χ1v) is 6.59. The molecule has 1 heterocycles. The molecule has 0 bridgehead atoms. The lowest BCUT2D eigenvalue weighted by Gasteiger charge is -2.18. The van der Waals surface area contributed by atoms with E-state index in [1.807, 2.05) is 13.8 Å². The molecule has 0 spiro atoms. The van der Waals surface area contributed by atoms with E-state index < -0.39 is 0 Å². The lowest BCUT2D eigenvalue weighted by Crippen LogP contribution is -2.32. The summed E-state index contributed by atoms with van der Waals surface area (Å²) in [5, 5.41) is 0. The average molecular weight is 206 g/mol. The number of carbonyl (C=O) groups is 1. The second kappa shape index (κ2) is 4.42. The van der Waals surface area contributed by atoms with Gasteiger partial charge in [-0.1, -0.05) is 28.5 Å². The lowest BCUT2D eigenvalue weighted by atomic mass is 9.96. The SMILES string of the molecule is CCCOC(=O)C1(C)CSSC1. The quantitative estimate of drug-likeness (QED) is 0.523. The van der Waals surface area contributed by atoms with Crippen LogP contribution in [-0.4, -0.2) is 24.1 Å². The van der Waals surface area contributed by atoms with E-state index in [9.17, 15) is 4.79 Å². The van der Waals surface area contributed by atoms with E-state index in [4.69, 9.17) is 4.74 Å². The van der Waals surface area contributed by atoms with E-state index >= 15 is 0 Å². The van der Waals surface area contributed by atoms with Gasteiger partial charge >= 0.3 is 5.97 Å². The largest absolute Gasteiger partial charge is 0.465 e. The predicted molar refractivity (Wildman–Crippen MR) is 54.3 cm³/mol. The van der Waals surface area contributed by atoms with Crippen LogP contribution >= 0.6 is 21.6 Å². The van der Waals surface area contributed by atoms with Gasteiger partial charge in [0.15, 0.2) is 0 Å². The first-order chi connectivity index (χ1) is 5.69. The van der Waals surface area contributed by atoms with E-state index in [0.717, 1.165) is 17.9 Å². The maximum atomic E-state index is 11.5. The van der Waals surface area contributed by atoms with Gasteiger partial charge in [-0.05, 0) is 13.3 Å². The van der Waals surface area contributed by atoms with Crippen LogP contribution in [0.15, 0.2) is 0 Å². The van der Waals surface area contributed by atoms with Gasteiger partial charge in [0.2, 0.25) is 0 Å². The Bertz CT molecular complexity index is 164. The first kappa shape index (κ1) is 10.3. The third-order valence-electron chi connectivity index (χ3n) is 1.77. The summed E-state index contributed by atoms with van der Waals surface area (Å²) in [5.41, 5.74) is -0.232. The smallest absolute Gasteiger partial charge is 0.313 e. The van der Waals surface area contributed by atoms with Crippen molar-refractivity contribution in [1.29, 1.82) is 0 Å². The minimum Gasteiger partial charge on any atom is -0.465 e. The van der Waals surface area contributed by atoms with Crippen molar-refractivity contribution in [3.05, 3.63) is 0 Å². The Morgan fingerprint density at radius 1 is 1.50 bits per heavy atom. The van der Waals surface area contributed by atoms with Crippen molar-refractivity contribution in [2.45, 2.75) is 20.3 Å². The van der Waals surface area contributed by atoms with Gasteiger partial charge in [-0.3, -0.25) is 4.79 Å². The van der Waals surface area contributed by atoms with Crippen molar-refractivity contribution in [2.75, 3.05) is 18.1 Å². The van der Waals surface area contributed by atoms with E-state index in [0.29, 0.717) is 6.61 Å². The first-order valence-electron chi connectivity index (χ1n) is 4.11. The zero-order valence-corrected chi connectivity index (χ0v) is 9.09. The van der Waals surface area contributed by atoms with Gasteiger partial charge in [-0.2, -0.15) is 0 Å². The van der Waals surface area contributed by atoms with Crippen LogP contribution in [0.25, 0.3) is 0 Å². The predicted octanol–water partition coefficient (Wildman–Crippen LogP) is 2.34. The molecule has 1 fully saturated rings. The van der Waals surface area contributed by atoms with Crippen LogP contribution in [0.1, 0.15) is 20.3 Å². The number of hydrogen-bond acceptors (Lipinski definition) is 4. The molecule has 0 unspecified atom stereocenters. The zero-order valence-electron chi connectivity index (χ0n) is 7.46. The van der Waals surface area contributed by atoms with E-state index in [1.165, 1.54) is 0 Å². The highest BCUT2D eigenvalue weighted by atomic mass is 33.1. The van der Waals surface area contributed by atoms with Crippen LogP contribution in [0.3, 0.4) is 0 Å². The second-order valence-electron chi connectivity index (χ2n) is 3.22. The normalized spacial score (nSPS) is 20.8. The van der Waals surface area contributed by atoms with Gasteiger partial charge in [0.1, 0.15) is 0 Å². The van der Waals surface area contributed by atoms with Crippen LogP contribution in [0, 0.1) is 5.41 Å². The van der Waals surface area contributed by atoms with Gasteiger partial charge in [-0.25, -0.2) is 0 Å². The summed E-state index contributed by atoms with van der Waals surface area (Å²) in [6.07, 6.45) is 0.905. The van der Waals surface area contributed by atoms with E-state index in [2.05, 4.69) is 0 Å². The fourth-order valence-corrected chi connectivity index (χ4v) is 4.19. The Labute approximate surface area is 81.2 Å². The minimum absolute atomic E-state index is 0.0261. The van der Waals surface area contributed by atoms with Crippen LogP contribution in [-0.2, 0) is 9.53 Å². The Morgan fingerprint density at radius 3 is 2.58 bits per heavy atom. The summed E-state index contributed by atoms with van der Waals surface area (Å²) in [7, 11) is 3.52. The Hall–Kier alpha value is 0.170. The van der Waals surface area contributed by atoms with Gasteiger partial charge in [-0.15, -0.1) is 0 Å². The molecule has 0 aliphatic carbocycles. The molecular weight excluding hydrogens is 192 g/mol. The molecule has 0 aromatic heterocycles. The Morgan fingerprint density at radius 2 is 2.08 bits per heavy atom. The molecule has 12 heavy (non-hydrogen) atoms. The fraction of sp³-hybridized carbons (Fsp3) is 0.875. The summed E-state index contributed by atoms with van der Waals surface area (Å²) in [4.78, 5) is 11.5. The molecule has 1 rings (SSSR count). The van der Waals surface area contributed by atoms with E-state index in [-0.39, 0.29) is 11.4 Å². The molecule has 0 atom stereocenters. The van der Waals surface area contributed by atoms with Crippen molar-refractivity contribution in [2.24, 2.45) is 5.41 Å². The molecule has 0 amide bonds. The van der Waals surface area contributed by atoms with Crippen molar-refractivity contribution < 1.29 is 9.53 Å². The Balaban J connectivity index is 2.39. The molecule has 0 radical (unpaired) electrons. The number of rotatable bonds is 3. The molecule has 0 saturated carbocycles. The van der Waals surface area contributed by atoms with Crippen LogP contribution in [0.5, 0.6) is 0 Å². The molecule has 2 nitrogen and oxygen atoms in total. The second-order valence-corrected chi connectivity index (χ2v) is 5.68. The highest BCUT2D eigenvalue weighted by Crippen LogP contribution is 2.43. The molecule has 1 aliphatic rings. The third kappa shape index (κ3) is 2.33. The minimum atomic E-state index is -0.232. The number of ether oxygens (including phenoxy) is 1. The zero-order chi connectivity index (χ0) is 9.03. The van der Waals surface area contributed by atoms with E-state index in [1.54, 1.807) is 21.6 Å². The topological polar surface area (TPSA) is 26.3 Å². The van der Waals surface area contributed by atoms with Gasteiger partial charge < -0.3 is 4.74 Å². The summed E-state index contributed by atoms with van der Waals surface area (Å²) >= 11 is 0. The van der Waals surface area contributed by atoms with Gasteiger partial charge in [0.05, 0.1) is 12.0 Å². The van der Waals surface area contributed by atoms with Crippen LogP contribution in [0.4, 0.5) is 0 Å². The van der Waals surface area contributed by atoms with Gasteiger partial charge in [0, 0.05) is 11.5 Å². The third-order valence-corrected chi connectivity index (χ3v) is 4.65. The molecule has 1 saturated heterocycles. The average Bonchev–Trinajstić information content (AvgIpc) is 2.49. The van der Waals surface area contributed by atoms with Crippen molar-refractivity contribution >= 4 is 27.6 Å². The fourth-order valence-electron chi connectivity index (χ4n) is 0.872. The standard InChI is InChI=1S/C8H14O2S2/c1-3-4-10-7(9)8(2)5-11-12-6-8/h3-6H2,1-2H3. The number of carbonyl (C=O) groups excluding carboxylic acids is 1. The summed E-state index contributed by atoms with van der Waals surface area (Å²) in [5.74, 6) is 1.75. The number of esters is 1.